The second-order valence-corrected chi connectivity index (χ2v) is 7.27. The van der Waals surface area contributed by atoms with E-state index in [1.807, 2.05) is 34.9 Å². The number of pyridine rings is 1. The lowest BCUT2D eigenvalue weighted by Crippen LogP contribution is -2.33. The van der Waals surface area contributed by atoms with Gasteiger partial charge in [0.25, 0.3) is 5.91 Å². The van der Waals surface area contributed by atoms with Gasteiger partial charge in [0, 0.05) is 41.4 Å². The van der Waals surface area contributed by atoms with E-state index in [4.69, 9.17) is 16.3 Å². The number of benzene rings is 1. The lowest BCUT2D eigenvalue weighted by atomic mass is 10.1. The number of carbonyl (C=O) groups excluding carboxylic acids is 1. The summed E-state index contributed by atoms with van der Waals surface area (Å²) in [6.45, 7) is 1.45. The van der Waals surface area contributed by atoms with E-state index in [2.05, 4.69) is 11.1 Å². The van der Waals surface area contributed by atoms with Crippen LogP contribution in [0.4, 0.5) is 0 Å². The van der Waals surface area contributed by atoms with Gasteiger partial charge in [0.1, 0.15) is 0 Å². The van der Waals surface area contributed by atoms with Gasteiger partial charge in [0.2, 0.25) is 5.88 Å². The van der Waals surface area contributed by atoms with E-state index >= 15 is 0 Å². The van der Waals surface area contributed by atoms with Crippen LogP contribution in [-0.4, -0.2) is 41.7 Å². The maximum atomic E-state index is 12.7. The van der Waals surface area contributed by atoms with Crippen molar-refractivity contribution in [3.8, 4) is 5.88 Å². The Morgan fingerprint density at radius 2 is 2.12 bits per heavy atom. The van der Waals surface area contributed by atoms with Gasteiger partial charge in [0.15, 0.2) is 0 Å². The van der Waals surface area contributed by atoms with Crippen LogP contribution in [0.25, 0.3) is 0 Å². The third kappa shape index (κ3) is 3.84. The number of amides is 1. The van der Waals surface area contributed by atoms with Crippen LogP contribution in [0.3, 0.4) is 0 Å². The van der Waals surface area contributed by atoms with E-state index in [0.717, 1.165) is 29.3 Å². The summed E-state index contributed by atoms with van der Waals surface area (Å²) in [7, 11) is 1.56. The molecule has 1 fully saturated rings. The molecule has 1 atom stereocenters. The number of nitrogens with zero attached hydrogens (tertiary/aromatic N) is 2. The molecule has 0 N–H and O–H groups in total. The van der Waals surface area contributed by atoms with Crippen LogP contribution in [0.5, 0.6) is 5.88 Å². The molecule has 1 aliphatic heterocycles. The van der Waals surface area contributed by atoms with Crippen LogP contribution in [0.2, 0.25) is 5.02 Å². The highest BCUT2D eigenvalue weighted by atomic mass is 35.5. The normalized spacial score (nSPS) is 18.1. The molecule has 0 spiro atoms. The fourth-order valence-electron chi connectivity index (χ4n) is 2.77. The van der Waals surface area contributed by atoms with Crippen molar-refractivity contribution in [1.82, 2.24) is 9.88 Å². The predicted octanol–water partition coefficient (Wildman–Crippen LogP) is 4.06. The Bertz CT molecular complexity index is 708. The van der Waals surface area contributed by atoms with Gasteiger partial charge in [-0.1, -0.05) is 29.8 Å². The quantitative estimate of drug-likeness (QED) is 0.825. The fraction of sp³-hybridized carbons (Fsp3) is 0.333. The van der Waals surface area contributed by atoms with Crippen LogP contribution in [-0.2, 0) is 0 Å². The minimum Gasteiger partial charge on any atom is -0.481 e. The average Bonchev–Trinajstić information content (AvgIpc) is 2.88. The van der Waals surface area contributed by atoms with Gasteiger partial charge in [-0.15, -0.1) is 0 Å². The first-order valence-corrected chi connectivity index (χ1v) is 9.27. The van der Waals surface area contributed by atoms with E-state index in [0.29, 0.717) is 23.2 Å². The Hall–Kier alpha value is -1.72. The van der Waals surface area contributed by atoms with Crippen molar-refractivity contribution in [2.75, 3.05) is 26.0 Å². The summed E-state index contributed by atoms with van der Waals surface area (Å²) < 4.78 is 5.04. The van der Waals surface area contributed by atoms with Crippen molar-refractivity contribution < 1.29 is 9.53 Å². The highest BCUT2D eigenvalue weighted by Gasteiger charge is 2.24. The number of aromatic nitrogens is 1. The van der Waals surface area contributed by atoms with E-state index < -0.39 is 0 Å². The Morgan fingerprint density at radius 3 is 2.83 bits per heavy atom. The molecular weight excluding hydrogens is 344 g/mol. The number of hydrogen-bond acceptors (Lipinski definition) is 4. The summed E-state index contributed by atoms with van der Waals surface area (Å²) in [6, 6.07) is 11.4. The van der Waals surface area contributed by atoms with Gasteiger partial charge in [-0.2, -0.15) is 11.8 Å². The van der Waals surface area contributed by atoms with Crippen LogP contribution in [0.1, 0.15) is 27.6 Å². The SMILES string of the molecule is COc1ccc(C(=O)N2CCS[C@H](c3ccccc3Cl)CC2)cn1. The molecule has 3 rings (SSSR count). The van der Waals surface area contributed by atoms with Gasteiger partial charge in [0.05, 0.1) is 12.7 Å². The molecule has 2 aromatic rings. The van der Waals surface area contributed by atoms with E-state index in [1.54, 1.807) is 25.4 Å². The summed E-state index contributed by atoms with van der Waals surface area (Å²) in [4.78, 5) is 18.7. The zero-order chi connectivity index (χ0) is 16.9. The monoisotopic (exact) mass is 362 g/mol. The number of thioether (sulfide) groups is 1. The number of rotatable bonds is 3. The number of methoxy groups -OCH3 is 1. The number of ether oxygens (including phenoxy) is 1. The Kier molecular flexibility index (Phi) is 5.63. The summed E-state index contributed by atoms with van der Waals surface area (Å²) in [6.07, 6.45) is 2.47. The number of carbonyl (C=O) groups is 1. The first-order valence-electron chi connectivity index (χ1n) is 7.84. The molecule has 0 saturated carbocycles. The third-order valence-electron chi connectivity index (χ3n) is 4.07. The number of halogens is 1. The minimum absolute atomic E-state index is 0.0190. The lowest BCUT2D eigenvalue weighted by molar-refractivity contribution is 0.0766. The molecular formula is C18H19ClN2O2S. The van der Waals surface area contributed by atoms with Crippen LogP contribution < -0.4 is 4.74 Å². The lowest BCUT2D eigenvalue weighted by Gasteiger charge is -2.20. The van der Waals surface area contributed by atoms with Gasteiger partial charge < -0.3 is 9.64 Å². The summed E-state index contributed by atoms with van der Waals surface area (Å²) >= 11 is 8.18. The molecule has 1 aromatic heterocycles. The third-order valence-corrected chi connectivity index (χ3v) is 5.73. The Labute approximate surface area is 151 Å². The molecule has 1 aliphatic rings. The predicted molar refractivity (Wildman–Crippen MR) is 98.0 cm³/mol. The zero-order valence-electron chi connectivity index (χ0n) is 13.4. The zero-order valence-corrected chi connectivity index (χ0v) is 15.0. The highest BCUT2D eigenvalue weighted by molar-refractivity contribution is 7.99. The average molecular weight is 363 g/mol. The van der Waals surface area contributed by atoms with Gasteiger partial charge in [-0.3, -0.25) is 4.79 Å². The molecule has 1 saturated heterocycles. The second kappa shape index (κ2) is 7.90. The van der Waals surface area contributed by atoms with Gasteiger partial charge in [-0.05, 0) is 24.1 Å². The fourth-order valence-corrected chi connectivity index (χ4v) is 4.37. The Morgan fingerprint density at radius 1 is 1.29 bits per heavy atom. The topological polar surface area (TPSA) is 42.4 Å². The maximum Gasteiger partial charge on any atom is 0.255 e. The van der Waals surface area contributed by atoms with Crippen molar-refractivity contribution in [2.45, 2.75) is 11.7 Å². The first-order chi connectivity index (χ1) is 11.7. The van der Waals surface area contributed by atoms with Crippen LogP contribution >= 0.6 is 23.4 Å². The molecule has 0 bridgehead atoms. The van der Waals surface area contributed by atoms with E-state index in [9.17, 15) is 4.79 Å². The molecule has 0 radical (unpaired) electrons. The van der Waals surface area contributed by atoms with E-state index in [1.165, 1.54) is 0 Å². The summed E-state index contributed by atoms with van der Waals surface area (Å²) in [5.41, 5.74) is 1.75. The summed E-state index contributed by atoms with van der Waals surface area (Å²) in [5, 5.41) is 1.12. The molecule has 1 aromatic carbocycles. The Balaban J connectivity index is 1.68. The van der Waals surface area contributed by atoms with Crippen molar-refractivity contribution in [3.63, 3.8) is 0 Å². The van der Waals surface area contributed by atoms with Crippen molar-refractivity contribution in [3.05, 3.63) is 58.7 Å². The van der Waals surface area contributed by atoms with E-state index in [-0.39, 0.29) is 5.91 Å². The van der Waals surface area contributed by atoms with Crippen molar-refractivity contribution in [1.29, 1.82) is 0 Å². The second-order valence-electron chi connectivity index (χ2n) is 5.55. The van der Waals surface area contributed by atoms with Crippen molar-refractivity contribution >= 4 is 29.3 Å². The molecule has 126 valence electrons. The smallest absolute Gasteiger partial charge is 0.255 e. The number of hydrogen-bond donors (Lipinski definition) is 0. The maximum absolute atomic E-state index is 12.7. The highest BCUT2D eigenvalue weighted by Crippen LogP contribution is 2.37. The molecule has 0 aliphatic carbocycles. The first kappa shape index (κ1) is 17.1. The van der Waals surface area contributed by atoms with Gasteiger partial charge >= 0.3 is 0 Å². The molecule has 24 heavy (non-hydrogen) atoms. The molecule has 1 amide bonds. The standard InChI is InChI=1S/C18H19ClN2O2S/c1-23-17-7-6-13(12-20-17)18(22)21-9-8-16(24-11-10-21)14-4-2-3-5-15(14)19/h2-7,12,16H,8-11H2,1H3/t16-/m0/s1. The molecule has 0 unspecified atom stereocenters. The summed E-state index contributed by atoms with van der Waals surface area (Å²) in [5.74, 6) is 1.42. The minimum atomic E-state index is 0.0190. The largest absolute Gasteiger partial charge is 0.481 e. The van der Waals surface area contributed by atoms with Crippen LogP contribution in [0.15, 0.2) is 42.6 Å². The molecule has 4 nitrogen and oxygen atoms in total. The van der Waals surface area contributed by atoms with Crippen molar-refractivity contribution in [2.24, 2.45) is 0 Å². The molecule has 2 heterocycles. The molecule has 6 heteroatoms. The van der Waals surface area contributed by atoms with Crippen LogP contribution in [0, 0.1) is 0 Å². The van der Waals surface area contributed by atoms with Gasteiger partial charge in [-0.25, -0.2) is 4.98 Å².